The largest absolute Gasteiger partial charge is 0.370 e. The van der Waals surface area contributed by atoms with E-state index in [0.29, 0.717) is 18.8 Å². The smallest absolute Gasteiger partial charge is 0.123 e. The van der Waals surface area contributed by atoms with Crippen LogP contribution in [0.25, 0.3) is 0 Å². The zero-order valence-corrected chi connectivity index (χ0v) is 15.7. The lowest BCUT2D eigenvalue weighted by atomic mass is 10.0. The molecule has 1 N–H and O–H groups in total. The highest BCUT2D eigenvalue weighted by atomic mass is 16.6. The van der Waals surface area contributed by atoms with Gasteiger partial charge < -0.3 is 4.74 Å². The Hall–Kier alpha value is -0.610. The van der Waals surface area contributed by atoms with E-state index < -0.39 is 0 Å². The Labute approximate surface area is 148 Å². The lowest BCUT2D eigenvalue weighted by Crippen LogP contribution is -2.23. The fourth-order valence-corrected chi connectivity index (χ4v) is 3.66. The molecule has 2 heterocycles. The van der Waals surface area contributed by atoms with Gasteiger partial charge in [-0.05, 0) is 19.3 Å². The fraction of sp³-hybridized carbons (Fsp3) is 0.950. The van der Waals surface area contributed by atoms with Gasteiger partial charge in [-0.1, -0.05) is 71.1 Å². The summed E-state index contributed by atoms with van der Waals surface area (Å²) in [6, 6.07) is 0. The number of amidine groups is 1. The van der Waals surface area contributed by atoms with Gasteiger partial charge in [-0.3, -0.25) is 10.2 Å². The SMILES string of the molecule is CCCCCCCC[C@H]1O[C@H]1CCCCCCCC1=NCCN1O. The number of hydroxylamine groups is 2. The number of epoxide rings is 1. The maximum atomic E-state index is 9.53. The first-order valence-corrected chi connectivity index (χ1v) is 10.5. The molecule has 0 radical (unpaired) electrons. The average molecular weight is 339 g/mol. The van der Waals surface area contributed by atoms with Gasteiger partial charge in [-0.2, -0.15) is 0 Å². The van der Waals surface area contributed by atoms with Gasteiger partial charge in [0.25, 0.3) is 0 Å². The van der Waals surface area contributed by atoms with Crippen LogP contribution < -0.4 is 0 Å². The van der Waals surface area contributed by atoms with Crippen molar-refractivity contribution in [1.82, 2.24) is 5.06 Å². The third-order valence-corrected chi connectivity index (χ3v) is 5.32. The van der Waals surface area contributed by atoms with Crippen molar-refractivity contribution in [3.8, 4) is 0 Å². The van der Waals surface area contributed by atoms with Crippen LogP contribution in [-0.2, 0) is 4.74 Å². The molecular formula is C20H38N2O2. The van der Waals surface area contributed by atoms with Crippen molar-refractivity contribution < 1.29 is 9.94 Å². The lowest BCUT2D eigenvalue weighted by molar-refractivity contribution is -0.00500. The van der Waals surface area contributed by atoms with Crippen molar-refractivity contribution in [2.24, 2.45) is 4.99 Å². The predicted octanol–water partition coefficient (Wildman–Crippen LogP) is 5.34. The van der Waals surface area contributed by atoms with Gasteiger partial charge in [0.1, 0.15) is 5.84 Å². The number of unbranched alkanes of at least 4 members (excludes halogenated alkanes) is 9. The minimum atomic E-state index is 0.580. The Morgan fingerprint density at radius 2 is 1.50 bits per heavy atom. The van der Waals surface area contributed by atoms with Crippen molar-refractivity contribution in [3.63, 3.8) is 0 Å². The summed E-state index contributed by atoms with van der Waals surface area (Å²) in [5, 5.41) is 10.8. The zero-order valence-electron chi connectivity index (χ0n) is 15.7. The maximum Gasteiger partial charge on any atom is 0.123 e. The van der Waals surface area contributed by atoms with Crippen LogP contribution >= 0.6 is 0 Å². The molecule has 0 spiro atoms. The third kappa shape index (κ3) is 7.98. The van der Waals surface area contributed by atoms with E-state index in [1.165, 1.54) is 82.1 Å². The van der Waals surface area contributed by atoms with Gasteiger partial charge in [0.15, 0.2) is 0 Å². The maximum absolute atomic E-state index is 9.53. The molecule has 0 aromatic rings. The molecule has 0 aromatic heterocycles. The first-order chi connectivity index (χ1) is 11.8. The molecule has 4 heteroatoms. The Bertz CT molecular complexity index is 360. The molecule has 0 aromatic carbocycles. The van der Waals surface area contributed by atoms with E-state index in [9.17, 15) is 5.21 Å². The van der Waals surface area contributed by atoms with Gasteiger partial charge in [0, 0.05) is 6.42 Å². The molecule has 2 aliphatic heterocycles. The monoisotopic (exact) mass is 338 g/mol. The molecule has 1 saturated heterocycles. The lowest BCUT2D eigenvalue weighted by Gasteiger charge is -2.10. The van der Waals surface area contributed by atoms with Gasteiger partial charge in [0.05, 0.1) is 25.3 Å². The summed E-state index contributed by atoms with van der Waals surface area (Å²) >= 11 is 0. The number of hydrogen-bond donors (Lipinski definition) is 1. The fourth-order valence-electron chi connectivity index (χ4n) is 3.66. The number of hydrogen-bond acceptors (Lipinski definition) is 4. The Morgan fingerprint density at radius 1 is 0.917 bits per heavy atom. The van der Waals surface area contributed by atoms with Gasteiger partial charge in [-0.25, -0.2) is 5.06 Å². The van der Waals surface area contributed by atoms with Crippen molar-refractivity contribution in [2.45, 2.75) is 109 Å². The third-order valence-electron chi connectivity index (χ3n) is 5.32. The van der Waals surface area contributed by atoms with Crippen LogP contribution in [0.5, 0.6) is 0 Å². The molecule has 0 bridgehead atoms. The van der Waals surface area contributed by atoms with Crippen LogP contribution in [-0.4, -0.2) is 41.4 Å². The zero-order chi connectivity index (χ0) is 17.0. The van der Waals surface area contributed by atoms with Crippen LogP contribution in [0.4, 0.5) is 0 Å². The molecule has 2 aliphatic rings. The molecule has 0 amide bonds. The van der Waals surface area contributed by atoms with Crippen LogP contribution in [0.1, 0.15) is 96.8 Å². The molecule has 0 unspecified atom stereocenters. The van der Waals surface area contributed by atoms with Crippen molar-refractivity contribution in [3.05, 3.63) is 0 Å². The summed E-state index contributed by atoms with van der Waals surface area (Å²) in [4.78, 5) is 4.31. The van der Waals surface area contributed by atoms with Crippen molar-refractivity contribution in [1.29, 1.82) is 0 Å². The van der Waals surface area contributed by atoms with E-state index >= 15 is 0 Å². The summed E-state index contributed by atoms with van der Waals surface area (Å²) < 4.78 is 5.80. The second-order valence-electron chi connectivity index (χ2n) is 7.50. The Balaban J connectivity index is 1.31. The van der Waals surface area contributed by atoms with Gasteiger partial charge in [-0.15, -0.1) is 0 Å². The predicted molar refractivity (Wildman–Crippen MR) is 99.8 cm³/mol. The van der Waals surface area contributed by atoms with E-state index in [-0.39, 0.29) is 0 Å². The van der Waals surface area contributed by atoms with E-state index in [2.05, 4.69) is 11.9 Å². The number of rotatable bonds is 15. The standard InChI is InChI=1S/C20H38N2O2/c1-2-3-4-5-7-10-13-18-19(24-18)14-11-8-6-9-12-15-20-21-16-17-22(20)23/h18-19,23H,2-17H2,1H3/t18-,19+/m1/s1. The molecule has 24 heavy (non-hydrogen) atoms. The highest BCUT2D eigenvalue weighted by Gasteiger charge is 2.36. The average Bonchev–Trinajstić information content (AvgIpc) is 3.21. The van der Waals surface area contributed by atoms with Crippen LogP contribution in [0.2, 0.25) is 0 Å². The first-order valence-electron chi connectivity index (χ1n) is 10.5. The van der Waals surface area contributed by atoms with E-state index in [1.807, 2.05) is 0 Å². The highest BCUT2D eigenvalue weighted by molar-refractivity contribution is 5.82. The molecule has 0 saturated carbocycles. The highest BCUT2D eigenvalue weighted by Crippen LogP contribution is 2.31. The van der Waals surface area contributed by atoms with Crippen LogP contribution in [0.3, 0.4) is 0 Å². The van der Waals surface area contributed by atoms with Crippen LogP contribution in [0.15, 0.2) is 4.99 Å². The van der Waals surface area contributed by atoms with Gasteiger partial charge >= 0.3 is 0 Å². The molecule has 1 fully saturated rings. The van der Waals surface area contributed by atoms with E-state index in [1.54, 1.807) is 0 Å². The minimum absolute atomic E-state index is 0.580. The number of ether oxygens (including phenoxy) is 1. The molecule has 2 atom stereocenters. The van der Waals surface area contributed by atoms with Crippen LogP contribution in [0, 0.1) is 0 Å². The second-order valence-corrected chi connectivity index (χ2v) is 7.50. The number of nitrogens with zero attached hydrogens (tertiary/aromatic N) is 2. The summed E-state index contributed by atoms with van der Waals surface area (Å²) in [7, 11) is 0. The van der Waals surface area contributed by atoms with E-state index in [0.717, 1.165) is 25.2 Å². The second kappa shape index (κ2) is 11.9. The van der Waals surface area contributed by atoms with E-state index in [4.69, 9.17) is 4.74 Å². The topological polar surface area (TPSA) is 48.4 Å². The van der Waals surface area contributed by atoms with Crippen molar-refractivity contribution in [2.75, 3.05) is 13.1 Å². The Morgan fingerprint density at radius 3 is 2.08 bits per heavy atom. The van der Waals surface area contributed by atoms with Crippen molar-refractivity contribution >= 4 is 5.84 Å². The molecule has 2 rings (SSSR count). The quantitative estimate of drug-likeness (QED) is 0.324. The first kappa shape index (κ1) is 19.7. The number of aliphatic imine (C=N–C) groups is 1. The summed E-state index contributed by atoms with van der Waals surface area (Å²) in [5.74, 6) is 0.888. The molecular weight excluding hydrogens is 300 g/mol. The molecule has 0 aliphatic carbocycles. The molecule has 4 nitrogen and oxygen atoms in total. The normalized spacial score (nSPS) is 22.9. The Kier molecular flexibility index (Phi) is 9.74. The molecule has 140 valence electrons. The summed E-state index contributed by atoms with van der Waals surface area (Å²) in [5.41, 5.74) is 0. The van der Waals surface area contributed by atoms with Gasteiger partial charge in [0.2, 0.25) is 0 Å². The minimum Gasteiger partial charge on any atom is -0.370 e. The summed E-state index contributed by atoms with van der Waals surface area (Å²) in [6.07, 6.45) is 19.3. The summed E-state index contributed by atoms with van der Waals surface area (Å²) in [6.45, 7) is 3.71.